The SMILES string of the molecule is O=S(=O)(NCCc1ccc(Cl)cc1)c1cnc[nH]1. The summed E-state index contributed by atoms with van der Waals surface area (Å²) in [6, 6.07) is 7.29. The average molecular weight is 286 g/mol. The van der Waals surface area contributed by atoms with Crippen molar-refractivity contribution in [3.63, 3.8) is 0 Å². The van der Waals surface area contributed by atoms with Gasteiger partial charge in [0, 0.05) is 11.6 Å². The van der Waals surface area contributed by atoms with Gasteiger partial charge in [-0.1, -0.05) is 23.7 Å². The van der Waals surface area contributed by atoms with E-state index in [0.717, 1.165) is 5.56 Å². The molecule has 0 spiro atoms. The van der Waals surface area contributed by atoms with E-state index in [1.165, 1.54) is 12.5 Å². The molecule has 0 fully saturated rings. The molecule has 2 rings (SSSR count). The number of halogens is 1. The molecule has 2 aromatic rings. The molecular formula is C11H12ClN3O2S. The minimum atomic E-state index is -3.49. The highest BCUT2D eigenvalue weighted by Gasteiger charge is 2.14. The van der Waals surface area contributed by atoms with Crippen molar-refractivity contribution in [1.29, 1.82) is 0 Å². The van der Waals surface area contributed by atoms with Crippen molar-refractivity contribution in [2.75, 3.05) is 6.54 Å². The van der Waals surface area contributed by atoms with Gasteiger partial charge in [-0.2, -0.15) is 0 Å². The summed E-state index contributed by atoms with van der Waals surface area (Å²) in [6.45, 7) is 0.322. The van der Waals surface area contributed by atoms with E-state index >= 15 is 0 Å². The molecule has 0 aliphatic rings. The maximum atomic E-state index is 11.7. The molecule has 96 valence electrons. The van der Waals surface area contributed by atoms with Gasteiger partial charge in [0.05, 0.1) is 12.5 Å². The van der Waals surface area contributed by atoms with Gasteiger partial charge in [-0.3, -0.25) is 0 Å². The standard InChI is InChI=1S/C11H12ClN3O2S/c12-10-3-1-9(2-4-10)5-6-15-18(16,17)11-7-13-8-14-11/h1-4,7-8,15H,5-6H2,(H,13,14). The van der Waals surface area contributed by atoms with Crippen LogP contribution in [0.5, 0.6) is 0 Å². The smallest absolute Gasteiger partial charge is 0.257 e. The number of nitrogens with one attached hydrogen (secondary N) is 2. The molecule has 0 bridgehead atoms. The summed E-state index contributed by atoms with van der Waals surface area (Å²) in [4.78, 5) is 6.23. The van der Waals surface area contributed by atoms with E-state index in [0.29, 0.717) is 18.0 Å². The van der Waals surface area contributed by atoms with Crippen LogP contribution in [0, 0.1) is 0 Å². The molecule has 0 radical (unpaired) electrons. The minimum Gasteiger partial charge on any atom is -0.335 e. The van der Waals surface area contributed by atoms with Gasteiger partial charge in [0.2, 0.25) is 0 Å². The fourth-order valence-electron chi connectivity index (χ4n) is 1.45. The number of nitrogens with zero attached hydrogens (tertiary/aromatic N) is 1. The van der Waals surface area contributed by atoms with Gasteiger partial charge >= 0.3 is 0 Å². The molecule has 2 N–H and O–H groups in total. The van der Waals surface area contributed by atoms with Crippen LogP contribution in [0.2, 0.25) is 5.02 Å². The van der Waals surface area contributed by atoms with Gasteiger partial charge in [-0.15, -0.1) is 0 Å². The third-order valence-corrected chi connectivity index (χ3v) is 4.02. The first kappa shape index (κ1) is 13.1. The number of sulfonamides is 1. The highest BCUT2D eigenvalue weighted by atomic mass is 35.5. The summed E-state index contributed by atoms with van der Waals surface area (Å²) in [5.41, 5.74) is 1.02. The maximum Gasteiger partial charge on any atom is 0.257 e. The molecule has 0 aliphatic carbocycles. The second-order valence-electron chi connectivity index (χ2n) is 3.69. The Morgan fingerprint density at radius 2 is 2.00 bits per heavy atom. The van der Waals surface area contributed by atoms with Gasteiger partial charge in [0.1, 0.15) is 0 Å². The highest BCUT2D eigenvalue weighted by molar-refractivity contribution is 7.89. The first-order valence-electron chi connectivity index (χ1n) is 5.30. The molecule has 1 heterocycles. The van der Waals surface area contributed by atoms with E-state index in [2.05, 4.69) is 14.7 Å². The second kappa shape index (κ2) is 5.51. The lowest BCUT2D eigenvalue weighted by molar-refractivity contribution is 0.578. The van der Waals surface area contributed by atoms with Crippen molar-refractivity contribution in [1.82, 2.24) is 14.7 Å². The molecule has 18 heavy (non-hydrogen) atoms. The molecule has 7 heteroatoms. The van der Waals surface area contributed by atoms with Crippen molar-refractivity contribution < 1.29 is 8.42 Å². The Kier molecular flexibility index (Phi) is 4.00. The lowest BCUT2D eigenvalue weighted by Crippen LogP contribution is -2.26. The number of hydrogen-bond donors (Lipinski definition) is 2. The summed E-state index contributed by atoms with van der Waals surface area (Å²) >= 11 is 5.76. The Morgan fingerprint density at radius 3 is 2.61 bits per heavy atom. The predicted octanol–water partition coefficient (Wildman–Crippen LogP) is 1.58. The summed E-state index contributed by atoms with van der Waals surface area (Å²) in [5.74, 6) is 0. The maximum absolute atomic E-state index is 11.7. The average Bonchev–Trinajstić information content (AvgIpc) is 2.86. The fraction of sp³-hybridized carbons (Fsp3) is 0.182. The Morgan fingerprint density at radius 1 is 1.28 bits per heavy atom. The molecule has 0 atom stereocenters. The van der Waals surface area contributed by atoms with E-state index in [-0.39, 0.29) is 5.03 Å². The largest absolute Gasteiger partial charge is 0.335 e. The summed E-state index contributed by atoms with van der Waals surface area (Å²) in [6.07, 6.45) is 3.20. The fourth-order valence-corrected chi connectivity index (χ4v) is 2.51. The van der Waals surface area contributed by atoms with Gasteiger partial charge in [0.15, 0.2) is 5.03 Å². The Hall–Kier alpha value is -1.37. The number of aromatic amines is 1. The first-order chi connectivity index (χ1) is 8.58. The zero-order valence-corrected chi connectivity index (χ0v) is 11.0. The third kappa shape index (κ3) is 3.32. The monoisotopic (exact) mass is 285 g/mol. The van der Waals surface area contributed by atoms with E-state index in [1.54, 1.807) is 12.1 Å². The van der Waals surface area contributed by atoms with Crippen LogP contribution >= 0.6 is 11.6 Å². The highest BCUT2D eigenvalue weighted by Crippen LogP contribution is 2.10. The van der Waals surface area contributed by atoms with Crippen LogP contribution in [0.25, 0.3) is 0 Å². The number of H-pyrrole nitrogens is 1. The van der Waals surface area contributed by atoms with E-state index in [1.807, 2.05) is 12.1 Å². The van der Waals surface area contributed by atoms with Crippen LogP contribution in [0.4, 0.5) is 0 Å². The second-order valence-corrected chi connectivity index (χ2v) is 5.86. The summed E-state index contributed by atoms with van der Waals surface area (Å²) < 4.78 is 26.0. The van der Waals surface area contributed by atoms with Crippen molar-refractivity contribution in [2.24, 2.45) is 0 Å². The van der Waals surface area contributed by atoms with E-state index in [9.17, 15) is 8.42 Å². The summed E-state index contributed by atoms with van der Waals surface area (Å²) in [5, 5.41) is 0.732. The molecule has 0 saturated carbocycles. The van der Waals surface area contributed by atoms with Crippen molar-refractivity contribution in [3.05, 3.63) is 47.4 Å². The lowest BCUT2D eigenvalue weighted by atomic mass is 10.2. The molecule has 0 saturated heterocycles. The molecule has 0 unspecified atom stereocenters. The molecular weight excluding hydrogens is 274 g/mol. The van der Waals surface area contributed by atoms with Crippen LogP contribution in [-0.4, -0.2) is 24.9 Å². The zero-order valence-electron chi connectivity index (χ0n) is 9.43. The summed E-state index contributed by atoms with van der Waals surface area (Å²) in [7, 11) is -3.49. The minimum absolute atomic E-state index is 0.0682. The Labute approximate surface area is 110 Å². The van der Waals surface area contributed by atoms with Crippen molar-refractivity contribution in [3.8, 4) is 0 Å². The quantitative estimate of drug-likeness (QED) is 0.876. The molecule has 0 aliphatic heterocycles. The van der Waals surface area contributed by atoms with Crippen LogP contribution < -0.4 is 4.72 Å². The Bertz CT molecular complexity index is 594. The zero-order chi connectivity index (χ0) is 13.0. The molecule has 0 amide bonds. The lowest BCUT2D eigenvalue weighted by Gasteiger charge is -2.04. The normalized spacial score (nSPS) is 11.6. The predicted molar refractivity (Wildman–Crippen MR) is 68.9 cm³/mol. The molecule has 1 aromatic heterocycles. The van der Waals surface area contributed by atoms with Crippen LogP contribution in [0.15, 0.2) is 41.8 Å². The Balaban J connectivity index is 1.91. The molecule has 5 nitrogen and oxygen atoms in total. The number of benzene rings is 1. The van der Waals surface area contributed by atoms with Gasteiger partial charge in [-0.05, 0) is 24.1 Å². The van der Waals surface area contributed by atoms with Crippen LogP contribution in [0.1, 0.15) is 5.56 Å². The number of hydrogen-bond acceptors (Lipinski definition) is 3. The van der Waals surface area contributed by atoms with Crippen LogP contribution in [-0.2, 0) is 16.4 Å². The topological polar surface area (TPSA) is 74.8 Å². The van der Waals surface area contributed by atoms with Crippen molar-refractivity contribution >= 4 is 21.6 Å². The van der Waals surface area contributed by atoms with Gasteiger partial charge in [-0.25, -0.2) is 18.1 Å². The molecule has 1 aromatic carbocycles. The van der Waals surface area contributed by atoms with Gasteiger partial charge in [0.25, 0.3) is 10.0 Å². The van der Waals surface area contributed by atoms with Crippen LogP contribution in [0.3, 0.4) is 0 Å². The number of aromatic nitrogens is 2. The first-order valence-corrected chi connectivity index (χ1v) is 7.16. The van der Waals surface area contributed by atoms with E-state index < -0.39 is 10.0 Å². The third-order valence-electron chi connectivity index (χ3n) is 2.38. The number of rotatable bonds is 5. The van der Waals surface area contributed by atoms with Crippen molar-refractivity contribution in [2.45, 2.75) is 11.4 Å². The number of imidazole rings is 1. The van der Waals surface area contributed by atoms with Gasteiger partial charge < -0.3 is 4.98 Å². The van der Waals surface area contributed by atoms with E-state index in [4.69, 9.17) is 11.6 Å².